The van der Waals surface area contributed by atoms with E-state index in [1.807, 2.05) is 79.0 Å². The molecule has 6 nitrogen and oxygen atoms in total. The maximum Gasteiger partial charge on any atom is 0.306 e. The van der Waals surface area contributed by atoms with Crippen molar-refractivity contribution in [3.8, 4) is 0 Å². The van der Waals surface area contributed by atoms with Gasteiger partial charge in [-0.15, -0.1) is 0 Å². The maximum atomic E-state index is 12.8. The fourth-order valence-corrected chi connectivity index (χ4v) is 6.27. The lowest BCUT2D eigenvalue weighted by Crippen LogP contribution is -2.30. The molecule has 6 heteroatoms. The average molecular weight is 945 g/mol. The fourth-order valence-electron chi connectivity index (χ4n) is 6.27. The normalized spacial score (nSPS) is 13.6. The van der Waals surface area contributed by atoms with Crippen LogP contribution in [-0.4, -0.2) is 37.2 Å². The zero-order chi connectivity index (χ0) is 50.0. The zero-order valence-corrected chi connectivity index (χ0v) is 43.2. The van der Waals surface area contributed by atoms with Crippen molar-refractivity contribution >= 4 is 17.9 Å². The minimum absolute atomic E-state index is 0.128. The van der Waals surface area contributed by atoms with Crippen LogP contribution in [0.2, 0.25) is 0 Å². The Morgan fingerprint density at radius 2 is 0.594 bits per heavy atom. The molecule has 0 saturated heterocycles. The molecule has 0 saturated carbocycles. The van der Waals surface area contributed by atoms with Crippen molar-refractivity contribution in [2.75, 3.05) is 13.2 Å². The van der Waals surface area contributed by atoms with Gasteiger partial charge in [0.15, 0.2) is 6.10 Å². The van der Waals surface area contributed by atoms with Crippen molar-refractivity contribution < 1.29 is 28.6 Å². The Morgan fingerprint density at radius 3 is 1.00 bits per heavy atom. The number of allylic oxidation sites excluding steroid dienone is 30. The summed E-state index contributed by atoms with van der Waals surface area (Å²) >= 11 is 0. The summed E-state index contributed by atoms with van der Waals surface area (Å²) < 4.78 is 16.7. The summed E-state index contributed by atoms with van der Waals surface area (Å²) in [6.45, 7) is 6.12. The summed E-state index contributed by atoms with van der Waals surface area (Å²) in [5.74, 6) is -1.04. The van der Waals surface area contributed by atoms with Crippen molar-refractivity contribution in [1.29, 1.82) is 0 Å². The van der Waals surface area contributed by atoms with E-state index < -0.39 is 6.10 Å². The van der Waals surface area contributed by atoms with Crippen molar-refractivity contribution in [2.45, 2.75) is 181 Å². The molecule has 0 N–H and O–H groups in total. The number of hydrogen-bond acceptors (Lipinski definition) is 6. The van der Waals surface area contributed by atoms with Crippen LogP contribution in [0.25, 0.3) is 0 Å². The molecule has 0 aromatic heterocycles. The van der Waals surface area contributed by atoms with E-state index in [1.165, 1.54) is 0 Å². The zero-order valence-electron chi connectivity index (χ0n) is 43.2. The summed E-state index contributed by atoms with van der Waals surface area (Å²) in [5, 5.41) is 0. The Morgan fingerprint density at radius 1 is 0.304 bits per heavy atom. The van der Waals surface area contributed by atoms with Gasteiger partial charge in [-0.3, -0.25) is 14.4 Å². The SMILES string of the molecule is CC/C=C/C=C/C=C/C=C/C=C/C=C/C=C/CCCCCC(=O)OCC(COC(=O)CCCCCCC/C=C/C=C/C=C/CC)OC(=O)CCCCC/C=C/C/C=C/C/C=C/C/C=C/C/C=C/CC. The lowest BCUT2D eigenvalue weighted by molar-refractivity contribution is -0.167. The summed E-state index contributed by atoms with van der Waals surface area (Å²) in [7, 11) is 0. The standard InChI is InChI=1S/C63H92O6/c1-4-7-10-13-16-19-22-25-27-29-31-33-35-38-41-44-47-50-53-56-62(65)68-59-60(58-67-61(64)55-52-49-46-43-40-37-24-21-18-15-12-9-6-3)69-63(66)57-54-51-48-45-42-39-36-34-32-30-28-26-23-20-17-14-11-8-5-2/h7-13,15-22,24-29,31-35,38-39,41-42,60H,4-6,14,23,30,36-37,40,43-59H2,1-3H3/b10-7+,11-8+,12-9+,16-13+,18-15+,20-17+,22-19+,24-21+,27-25+,28-26+,31-29+,34-32+,35-33+,41-38+,42-39+. The van der Waals surface area contributed by atoms with E-state index in [1.54, 1.807) is 0 Å². The molecule has 0 aliphatic rings. The molecule has 0 aromatic rings. The monoisotopic (exact) mass is 945 g/mol. The van der Waals surface area contributed by atoms with E-state index in [0.717, 1.165) is 122 Å². The van der Waals surface area contributed by atoms with Gasteiger partial charge in [-0.1, -0.05) is 235 Å². The number of rotatable bonds is 44. The van der Waals surface area contributed by atoms with E-state index in [9.17, 15) is 14.4 Å². The summed E-state index contributed by atoms with van der Waals surface area (Å²) in [6, 6.07) is 0. The predicted molar refractivity (Wildman–Crippen MR) is 297 cm³/mol. The van der Waals surface area contributed by atoms with E-state index in [2.05, 4.69) is 124 Å². The largest absolute Gasteiger partial charge is 0.462 e. The van der Waals surface area contributed by atoms with Gasteiger partial charge in [-0.25, -0.2) is 0 Å². The van der Waals surface area contributed by atoms with Crippen LogP contribution in [0, 0.1) is 0 Å². The Balaban J connectivity index is 4.63. The predicted octanol–water partition coefficient (Wildman–Crippen LogP) is 17.7. The molecule has 69 heavy (non-hydrogen) atoms. The van der Waals surface area contributed by atoms with E-state index in [4.69, 9.17) is 14.2 Å². The van der Waals surface area contributed by atoms with Gasteiger partial charge in [0, 0.05) is 19.3 Å². The Bertz CT molecular complexity index is 1700. The number of unbranched alkanes of at least 4 members (excludes halogenated alkanes) is 11. The van der Waals surface area contributed by atoms with Gasteiger partial charge >= 0.3 is 17.9 Å². The third kappa shape index (κ3) is 53.3. The Kier molecular flexibility index (Phi) is 50.7. The van der Waals surface area contributed by atoms with E-state index in [0.29, 0.717) is 19.3 Å². The minimum Gasteiger partial charge on any atom is -0.462 e. The van der Waals surface area contributed by atoms with Crippen molar-refractivity contribution in [1.82, 2.24) is 0 Å². The molecule has 380 valence electrons. The topological polar surface area (TPSA) is 78.9 Å². The molecule has 0 aromatic carbocycles. The fraction of sp³-hybridized carbons (Fsp3) is 0.476. The van der Waals surface area contributed by atoms with Crippen LogP contribution in [0.3, 0.4) is 0 Å². The van der Waals surface area contributed by atoms with Crippen molar-refractivity contribution in [3.63, 3.8) is 0 Å². The molecule has 0 fully saturated rings. The molecular weight excluding hydrogens is 853 g/mol. The molecule has 0 aliphatic heterocycles. The molecule has 1 atom stereocenters. The number of ether oxygens (including phenoxy) is 3. The van der Waals surface area contributed by atoms with Gasteiger partial charge < -0.3 is 14.2 Å². The van der Waals surface area contributed by atoms with Crippen LogP contribution in [0.5, 0.6) is 0 Å². The van der Waals surface area contributed by atoms with Gasteiger partial charge in [-0.05, 0) is 103 Å². The van der Waals surface area contributed by atoms with Gasteiger partial charge in [0.25, 0.3) is 0 Å². The lowest BCUT2D eigenvalue weighted by Gasteiger charge is -2.18. The van der Waals surface area contributed by atoms with Crippen LogP contribution in [0.1, 0.15) is 175 Å². The van der Waals surface area contributed by atoms with Crippen LogP contribution < -0.4 is 0 Å². The summed E-state index contributed by atoms with van der Waals surface area (Å²) in [6.07, 6.45) is 83.0. The molecule has 0 heterocycles. The molecule has 0 amide bonds. The second-order valence-corrected chi connectivity index (χ2v) is 16.5. The number of esters is 3. The van der Waals surface area contributed by atoms with E-state index >= 15 is 0 Å². The van der Waals surface area contributed by atoms with Gasteiger partial charge in [0.2, 0.25) is 0 Å². The first kappa shape index (κ1) is 63.5. The van der Waals surface area contributed by atoms with Crippen LogP contribution in [-0.2, 0) is 28.6 Å². The Hall–Kier alpha value is -5.49. The highest BCUT2D eigenvalue weighted by Crippen LogP contribution is 2.12. The number of carbonyl (C=O) groups excluding carboxylic acids is 3. The minimum atomic E-state index is -0.835. The molecule has 0 spiro atoms. The van der Waals surface area contributed by atoms with Gasteiger partial charge in [0.05, 0.1) is 0 Å². The smallest absolute Gasteiger partial charge is 0.306 e. The van der Waals surface area contributed by atoms with Crippen LogP contribution in [0.15, 0.2) is 182 Å². The highest BCUT2D eigenvalue weighted by Gasteiger charge is 2.19. The lowest BCUT2D eigenvalue weighted by atomic mass is 10.1. The first-order chi connectivity index (χ1) is 34.0. The second kappa shape index (κ2) is 55.1. The van der Waals surface area contributed by atoms with Crippen molar-refractivity contribution in [2.24, 2.45) is 0 Å². The third-order valence-corrected chi connectivity index (χ3v) is 10.1. The highest BCUT2D eigenvalue weighted by molar-refractivity contribution is 5.71. The summed E-state index contributed by atoms with van der Waals surface area (Å²) in [5.41, 5.74) is 0. The molecule has 0 radical (unpaired) electrons. The molecule has 0 rings (SSSR count). The van der Waals surface area contributed by atoms with Crippen molar-refractivity contribution in [3.05, 3.63) is 182 Å². The number of carbonyl (C=O) groups is 3. The van der Waals surface area contributed by atoms with Crippen LogP contribution >= 0.6 is 0 Å². The molecule has 1 unspecified atom stereocenters. The van der Waals surface area contributed by atoms with Gasteiger partial charge in [0.1, 0.15) is 13.2 Å². The third-order valence-electron chi connectivity index (χ3n) is 10.1. The first-order valence-corrected chi connectivity index (χ1v) is 26.4. The molecule has 0 aliphatic carbocycles. The highest BCUT2D eigenvalue weighted by atomic mass is 16.6. The second-order valence-electron chi connectivity index (χ2n) is 16.5. The summed E-state index contributed by atoms with van der Waals surface area (Å²) in [4.78, 5) is 38.1. The van der Waals surface area contributed by atoms with Crippen LogP contribution in [0.4, 0.5) is 0 Å². The van der Waals surface area contributed by atoms with Gasteiger partial charge in [-0.2, -0.15) is 0 Å². The first-order valence-electron chi connectivity index (χ1n) is 26.4. The molecular formula is C63H92O6. The van der Waals surface area contributed by atoms with E-state index in [-0.39, 0.29) is 44.0 Å². The quantitative estimate of drug-likeness (QED) is 0.0199. The Labute approximate surface area is 421 Å². The average Bonchev–Trinajstić information content (AvgIpc) is 3.35. The maximum absolute atomic E-state index is 12.8. The number of hydrogen-bond donors (Lipinski definition) is 0. The molecule has 0 bridgehead atoms.